The molecule has 2 aromatic heterocycles. The molecule has 9 aromatic carbocycles. The molecule has 0 bridgehead atoms. The fraction of sp³-hybridized carbons (Fsp3) is 0.129. The van der Waals surface area contributed by atoms with Crippen molar-refractivity contribution in [2.24, 2.45) is 0 Å². The number of hydrogen-bond donors (Lipinski definition) is 0. The molecular weight excluding hydrogens is 773 g/mol. The normalized spacial score (nSPS) is 13.8. The van der Waals surface area contributed by atoms with Crippen molar-refractivity contribution in [3.8, 4) is 44.5 Å². The molecule has 0 spiro atoms. The Balaban J connectivity index is 0.929. The third kappa shape index (κ3) is 5.86. The maximum Gasteiger partial charge on any atom is 0.0620 e. The van der Waals surface area contributed by atoms with E-state index in [9.17, 15) is 0 Å². The molecule has 13 rings (SSSR count). The molecule has 0 saturated carbocycles. The summed E-state index contributed by atoms with van der Waals surface area (Å²) < 4.78 is 2.47. The fourth-order valence-electron chi connectivity index (χ4n) is 11.7. The lowest BCUT2D eigenvalue weighted by molar-refractivity contribution is 0.662. The van der Waals surface area contributed by atoms with E-state index in [0.29, 0.717) is 0 Å². The molecule has 64 heavy (non-hydrogen) atoms. The minimum atomic E-state index is 1.14. The van der Waals surface area contributed by atoms with E-state index >= 15 is 0 Å². The second-order valence-corrected chi connectivity index (χ2v) is 18.0. The lowest BCUT2D eigenvalue weighted by atomic mass is 9.73. The summed E-state index contributed by atoms with van der Waals surface area (Å²) in [6, 6.07) is 72.3. The Labute approximate surface area is 375 Å². The lowest BCUT2D eigenvalue weighted by Crippen LogP contribution is -2.15. The molecule has 2 nitrogen and oxygen atoms in total. The van der Waals surface area contributed by atoms with Gasteiger partial charge in [0.25, 0.3) is 0 Å². The van der Waals surface area contributed by atoms with Crippen LogP contribution in [0.3, 0.4) is 0 Å². The average Bonchev–Trinajstić information content (AvgIpc) is 3.90. The van der Waals surface area contributed by atoms with Gasteiger partial charge < -0.3 is 9.30 Å². The number of anilines is 3. The van der Waals surface area contributed by atoms with Crippen LogP contribution in [0.1, 0.15) is 47.9 Å². The van der Waals surface area contributed by atoms with Crippen molar-refractivity contribution in [1.82, 2.24) is 4.40 Å². The summed E-state index contributed by atoms with van der Waals surface area (Å²) >= 11 is 0. The predicted molar refractivity (Wildman–Crippen MR) is 271 cm³/mol. The number of nitrogens with zero attached hydrogens (tertiary/aromatic N) is 2. The van der Waals surface area contributed by atoms with Crippen LogP contribution in [0.2, 0.25) is 0 Å². The highest BCUT2D eigenvalue weighted by molar-refractivity contribution is 6.25. The van der Waals surface area contributed by atoms with E-state index in [1.54, 1.807) is 27.8 Å². The molecule has 2 aliphatic carbocycles. The van der Waals surface area contributed by atoms with E-state index in [1.807, 2.05) is 0 Å². The monoisotopic (exact) mass is 820 g/mol. The van der Waals surface area contributed by atoms with Crippen molar-refractivity contribution in [3.05, 3.63) is 216 Å². The minimum absolute atomic E-state index is 1.14. The Kier molecular flexibility index (Phi) is 8.79. The van der Waals surface area contributed by atoms with Gasteiger partial charge in [0, 0.05) is 38.6 Å². The van der Waals surface area contributed by atoms with Crippen LogP contribution in [0.5, 0.6) is 0 Å². The molecule has 0 saturated heterocycles. The number of rotatable bonds is 7. The summed E-state index contributed by atoms with van der Waals surface area (Å²) in [6.07, 6.45) is 9.74. The van der Waals surface area contributed by atoms with Gasteiger partial charge in [-0.3, -0.25) is 0 Å². The SMILES string of the molecule is c1ccc(-c2ccc(N(c3ccc(-c4c5c(c(-c6ccccc6)c6c4CCCC6)CCCC5)cc3)c3ccc(-c4cccc5c4c4cccc6c7ccccc7n5c64)cc3)cc2)cc1. The molecule has 0 N–H and O–H groups in total. The van der Waals surface area contributed by atoms with Gasteiger partial charge in [0.15, 0.2) is 0 Å². The van der Waals surface area contributed by atoms with Gasteiger partial charge in [-0.25, -0.2) is 0 Å². The number of para-hydroxylation sites is 2. The quantitative estimate of drug-likeness (QED) is 0.155. The first kappa shape index (κ1) is 37.2. The zero-order chi connectivity index (χ0) is 42.1. The Morgan fingerprint density at radius 2 is 0.734 bits per heavy atom. The van der Waals surface area contributed by atoms with Crippen LogP contribution in [0.25, 0.3) is 82.6 Å². The maximum atomic E-state index is 2.47. The third-order valence-electron chi connectivity index (χ3n) is 14.5. The standard InChI is InChI=1S/C62H48N2/c1-3-15-41(16-4-1)42-29-35-46(36-30-42)63(47-37-31-43(32-38-47)49-24-14-28-58-61(49)56-26-13-25-55-50-19-11-12-27-57(50)64(58)62(55)56)48-39-33-45(34-40-48)60-53-22-9-7-20-51(53)59(44-17-5-2-6-18-44)52-21-8-10-23-54(52)60/h1-6,11-19,24-40H,7-10,20-23H2. The molecule has 2 heteroatoms. The van der Waals surface area contributed by atoms with Gasteiger partial charge in [0.05, 0.1) is 16.6 Å². The van der Waals surface area contributed by atoms with Gasteiger partial charge in [-0.2, -0.15) is 0 Å². The Hall–Kier alpha value is -7.42. The molecule has 2 aliphatic rings. The van der Waals surface area contributed by atoms with Crippen molar-refractivity contribution in [2.75, 3.05) is 4.90 Å². The van der Waals surface area contributed by atoms with Crippen molar-refractivity contribution >= 4 is 55.2 Å². The molecule has 2 heterocycles. The third-order valence-corrected chi connectivity index (χ3v) is 14.5. The zero-order valence-corrected chi connectivity index (χ0v) is 36.0. The largest absolute Gasteiger partial charge is 0.311 e. The Bertz CT molecular complexity index is 3470. The first-order valence-electron chi connectivity index (χ1n) is 23.4. The van der Waals surface area contributed by atoms with E-state index in [4.69, 9.17) is 0 Å². The molecule has 0 fully saturated rings. The van der Waals surface area contributed by atoms with Crippen LogP contribution < -0.4 is 4.90 Å². The lowest BCUT2D eigenvalue weighted by Gasteiger charge is -2.32. The summed E-state index contributed by atoms with van der Waals surface area (Å²) in [6.45, 7) is 0. The molecule has 0 aliphatic heterocycles. The number of fused-ring (bicyclic) bond motifs is 8. The van der Waals surface area contributed by atoms with Crippen molar-refractivity contribution < 1.29 is 0 Å². The highest BCUT2D eigenvalue weighted by Gasteiger charge is 2.28. The molecule has 0 radical (unpaired) electrons. The average molecular weight is 821 g/mol. The van der Waals surface area contributed by atoms with Crippen molar-refractivity contribution in [1.29, 1.82) is 0 Å². The Morgan fingerprint density at radius 1 is 0.312 bits per heavy atom. The van der Waals surface area contributed by atoms with Gasteiger partial charge in [0.1, 0.15) is 0 Å². The van der Waals surface area contributed by atoms with Crippen LogP contribution in [-0.4, -0.2) is 4.40 Å². The van der Waals surface area contributed by atoms with Crippen LogP contribution in [-0.2, 0) is 25.7 Å². The molecule has 11 aromatic rings. The van der Waals surface area contributed by atoms with Crippen LogP contribution in [0, 0.1) is 0 Å². The topological polar surface area (TPSA) is 7.65 Å². The van der Waals surface area contributed by atoms with Gasteiger partial charge in [-0.05, 0) is 167 Å². The van der Waals surface area contributed by atoms with Crippen LogP contribution in [0.4, 0.5) is 17.1 Å². The number of benzene rings is 9. The van der Waals surface area contributed by atoms with E-state index in [-0.39, 0.29) is 0 Å². The zero-order valence-electron chi connectivity index (χ0n) is 36.0. The predicted octanol–water partition coefficient (Wildman–Crippen LogP) is 16.7. The van der Waals surface area contributed by atoms with E-state index in [2.05, 4.69) is 203 Å². The second kappa shape index (κ2) is 15.1. The smallest absolute Gasteiger partial charge is 0.0620 e. The van der Waals surface area contributed by atoms with Crippen LogP contribution in [0.15, 0.2) is 194 Å². The van der Waals surface area contributed by atoms with Crippen molar-refractivity contribution in [2.45, 2.75) is 51.4 Å². The van der Waals surface area contributed by atoms with E-state index < -0.39 is 0 Å². The summed E-state index contributed by atoms with van der Waals surface area (Å²) in [5, 5.41) is 5.24. The molecule has 0 atom stereocenters. The van der Waals surface area contributed by atoms with E-state index in [0.717, 1.165) is 29.9 Å². The second-order valence-electron chi connectivity index (χ2n) is 18.0. The molecule has 0 amide bonds. The molecule has 0 unspecified atom stereocenters. The summed E-state index contributed by atoms with van der Waals surface area (Å²) in [7, 11) is 0. The summed E-state index contributed by atoms with van der Waals surface area (Å²) in [5.41, 5.74) is 24.5. The van der Waals surface area contributed by atoms with Crippen LogP contribution >= 0.6 is 0 Å². The van der Waals surface area contributed by atoms with E-state index in [1.165, 1.54) is 116 Å². The highest BCUT2D eigenvalue weighted by Crippen LogP contribution is 2.48. The Morgan fingerprint density at radius 3 is 1.33 bits per heavy atom. The number of aromatic nitrogens is 1. The summed E-state index contributed by atoms with van der Waals surface area (Å²) in [4.78, 5) is 2.43. The summed E-state index contributed by atoms with van der Waals surface area (Å²) in [5.74, 6) is 0. The van der Waals surface area contributed by atoms with Gasteiger partial charge in [-0.1, -0.05) is 146 Å². The van der Waals surface area contributed by atoms with Gasteiger partial charge in [-0.15, -0.1) is 0 Å². The number of hydrogen-bond acceptors (Lipinski definition) is 1. The van der Waals surface area contributed by atoms with Gasteiger partial charge >= 0.3 is 0 Å². The fourth-order valence-corrected chi connectivity index (χ4v) is 11.7. The maximum absolute atomic E-state index is 2.47. The minimum Gasteiger partial charge on any atom is -0.311 e. The van der Waals surface area contributed by atoms with Gasteiger partial charge in [0.2, 0.25) is 0 Å². The first-order chi connectivity index (χ1) is 31.8. The highest BCUT2D eigenvalue weighted by atomic mass is 15.1. The first-order valence-corrected chi connectivity index (χ1v) is 23.4. The van der Waals surface area contributed by atoms with Crippen molar-refractivity contribution in [3.63, 3.8) is 0 Å². The molecule has 306 valence electrons. The molecular formula is C62H48N2.